The summed E-state index contributed by atoms with van der Waals surface area (Å²) >= 11 is 3.35. The molecule has 0 saturated carbocycles. The van der Waals surface area contributed by atoms with Gasteiger partial charge in [-0.1, -0.05) is 33.6 Å². The summed E-state index contributed by atoms with van der Waals surface area (Å²) in [6.07, 6.45) is 0. The Balaban J connectivity index is 1.95. The first-order chi connectivity index (χ1) is 15.2. The van der Waals surface area contributed by atoms with E-state index in [2.05, 4.69) is 21.2 Å². The average Bonchev–Trinajstić information content (AvgIpc) is 2.78. The van der Waals surface area contributed by atoms with Crippen LogP contribution in [0.15, 0.2) is 76.1 Å². The van der Waals surface area contributed by atoms with Gasteiger partial charge in [0.15, 0.2) is 0 Å². The van der Waals surface area contributed by atoms with E-state index in [1.807, 2.05) is 6.92 Å². The van der Waals surface area contributed by atoms with Crippen molar-refractivity contribution >= 4 is 43.2 Å². The Morgan fingerprint density at radius 3 is 2.22 bits per heavy atom. The fourth-order valence-electron chi connectivity index (χ4n) is 2.99. The van der Waals surface area contributed by atoms with E-state index in [0.717, 1.165) is 14.3 Å². The van der Waals surface area contributed by atoms with E-state index in [1.165, 1.54) is 26.4 Å². The van der Waals surface area contributed by atoms with Gasteiger partial charge in [-0.3, -0.25) is 9.10 Å². The molecule has 0 bridgehead atoms. The third kappa shape index (κ3) is 5.41. The number of nitrogens with zero attached hydrogens (tertiary/aromatic N) is 1. The summed E-state index contributed by atoms with van der Waals surface area (Å²) < 4.78 is 39.2. The number of halogens is 1. The fraction of sp³-hybridized carbons (Fsp3) is 0.174. The van der Waals surface area contributed by atoms with Crippen molar-refractivity contribution in [3.8, 4) is 11.5 Å². The maximum atomic E-state index is 13.4. The van der Waals surface area contributed by atoms with Gasteiger partial charge in [-0.2, -0.15) is 0 Å². The number of sulfonamides is 1. The molecule has 0 aliphatic rings. The average molecular weight is 519 g/mol. The Morgan fingerprint density at radius 2 is 1.62 bits per heavy atom. The Morgan fingerprint density at radius 1 is 0.969 bits per heavy atom. The van der Waals surface area contributed by atoms with Crippen molar-refractivity contribution in [1.82, 2.24) is 0 Å². The summed E-state index contributed by atoms with van der Waals surface area (Å²) in [5.74, 6) is 0.420. The van der Waals surface area contributed by atoms with Crippen molar-refractivity contribution in [3.63, 3.8) is 0 Å². The van der Waals surface area contributed by atoms with Gasteiger partial charge in [0.25, 0.3) is 10.0 Å². The van der Waals surface area contributed by atoms with Crippen LogP contribution in [0.2, 0.25) is 0 Å². The van der Waals surface area contributed by atoms with Crippen LogP contribution in [-0.2, 0) is 14.8 Å². The topological polar surface area (TPSA) is 84.9 Å². The number of amides is 1. The summed E-state index contributed by atoms with van der Waals surface area (Å²) in [6, 6.07) is 18.2. The predicted octanol–water partition coefficient (Wildman–Crippen LogP) is 4.61. The zero-order valence-corrected chi connectivity index (χ0v) is 20.2. The number of nitrogens with one attached hydrogen (secondary N) is 1. The van der Waals surface area contributed by atoms with E-state index in [9.17, 15) is 13.2 Å². The molecule has 1 amide bonds. The van der Waals surface area contributed by atoms with Crippen molar-refractivity contribution in [3.05, 3.63) is 76.8 Å². The molecule has 0 radical (unpaired) electrons. The van der Waals surface area contributed by atoms with Crippen LogP contribution in [-0.4, -0.2) is 35.1 Å². The van der Waals surface area contributed by atoms with Crippen molar-refractivity contribution < 1.29 is 22.7 Å². The highest BCUT2D eigenvalue weighted by Crippen LogP contribution is 2.30. The Kier molecular flexibility index (Phi) is 7.42. The van der Waals surface area contributed by atoms with E-state index in [0.29, 0.717) is 22.9 Å². The second-order valence-corrected chi connectivity index (χ2v) is 9.69. The molecule has 3 aromatic carbocycles. The Bertz CT molecular complexity index is 1200. The largest absolute Gasteiger partial charge is 0.497 e. The zero-order valence-electron chi connectivity index (χ0n) is 17.8. The second kappa shape index (κ2) is 10.1. The maximum Gasteiger partial charge on any atom is 0.264 e. The lowest BCUT2D eigenvalue weighted by Crippen LogP contribution is -2.38. The number of benzene rings is 3. The molecule has 0 aromatic heterocycles. The first-order valence-electron chi connectivity index (χ1n) is 9.61. The molecule has 7 nitrogen and oxygen atoms in total. The van der Waals surface area contributed by atoms with Crippen LogP contribution in [0.3, 0.4) is 0 Å². The van der Waals surface area contributed by atoms with Gasteiger partial charge >= 0.3 is 0 Å². The molecule has 0 unspecified atom stereocenters. The molecule has 0 aliphatic heterocycles. The van der Waals surface area contributed by atoms with Gasteiger partial charge in [0.05, 0.1) is 30.5 Å². The minimum Gasteiger partial charge on any atom is -0.497 e. The first-order valence-corrected chi connectivity index (χ1v) is 11.8. The van der Waals surface area contributed by atoms with Gasteiger partial charge < -0.3 is 14.8 Å². The van der Waals surface area contributed by atoms with E-state index < -0.39 is 22.5 Å². The van der Waals surface area contributed by atoms with E-state index in [4.69, 9.17) is 9.47 Å². The zero-order chi connectivity index (χ0) is 23.3. The molecule has 0 spiro atoms. The minimum atomic E-state index is -4.00. The summed E-state index contributed by atoms with van der Waals surface area (Å²) in [5.41, 5.74) is 1.67. The van der Waals surface area contributed by atoms with Crippen LogP contribution in [0.1, 0.15) is 5.56 Å². The monoisotopic (exact) mass is 518 g/mol. The van der Waals surface area contributed by atoms with Crippen molar-refractivity contribution in [2.45, 2.75) is 11.8 Å². The summed E-state index contributed by atoms with van der Waals surface area (Å²) in [4.78, 5) is 13.0. The van der Waals surface area contributed by atoms with Crippen LogP contribution in [0.4, 0.5) is 11.4 Å². The molecule has 0 saturated heterocycles. The van der Waals surface area contributed by atoms with Crippen LogP contribution in [0.5, 0.6) is 11.5 Å². The molecule has 0 fully saturated rings. The Hall–Kier alpha value is -3.04. The number of hydrogen-bond donors (Lipinski definition) is 1. The van der Waals surface area contributed by atoms with Crippen LogP contribution < -0.4 is 19.1 Å². The quantitative estimate of drug-likeness (QED) is 0.470. The van der Waals surface area contributed by atoms with Crippen LogP contribution >= 0.6 is 15.9 Å². The molecule has 0 heterocycles. The number of carbonyl (C=O) groups excluding carboxylic acids is 1. The lowest BCUT2D eigenvalue weighted by Gasteiger charge is -2.24. The molecular weight excluding hydrogens is 496 g/mol. The number of ether oxygens (including phenoxy) is 2. The first kappa shape index (κ1) is 23.6. The molecule has 0 aliphatic carbocycles. The standard InChI is InChI=1S/C23H23BrN2O5S/c1-16-4-11-20(12-5-16)32(28,29)26(18-8-6-17(24)7-9-18)15-23(27)25-21-14-19(30-2)10-13-22(21)31-3/h4-14H,15H2,1-3H3,(H,25,27). The van der Waals surface area contributed by atoms with Gasteiger partial charge in [-0.05, 0) is 55.5 Å². The highest BCUT2D eigenvalue weighted by molar-refractivity contribution is 9.10. The molecule has 1 N–H and O–H groups in total. The van der Waals surface area contributed by atoms with Gasteiger partial charge in [-0.15, -0.1) is 0 Å². The molecule has 3 aromatic rings. The van der Waals surface area contributed by atoms with Gasteiger partial charge in [0, 0.05) is 10.5 Å². The molecule has 0 atom stereocenters. The number of methoxy groups -OCH3 is 2. The smallest absolute Gasteiger partial charge is 0.264 e. The SMILES string of the molecule is COc1ccc(OC)c(NC(=O)CN(c2ccc(Br)cc2)S(=O)(=O)c2ccc(C)cc2)c1. The second-order valence-electron chi connectivity index (χ2n) is 6.92. The van der Waals surface area contributed by atoms with Crippen LogP contribution in [0.25, 0.3) is 0 Å². The molecule has 32 heavy (non-hydrogen) atoms. The molecule has 168 valence electrons. The highest BCUT2D eigenvalue weighted by Gasteiger charge is 2.27. The predicted molar refractivity (Wildman–Crippen MR) is 128 cm³/mol. The number of hydrogen-bond acceptors (Lipinski definition) is 5. The Labute approximate surface area is 196 Å². The number of carbonyl (C=O) groups is 1. The van der Waals surface area contributed by atoms with Crippen molar-refractivity contribution in [2.24, 2.45) is 0 Å². The van der Waals surface area contributed by atoms with E-state index in [-0.39, 0.29) is 4.90 Å². The summed E-state index contributed by atoms with van der Waals surface area (Å²) in [7, 11) is -1.01. The lowest BCUT2D eigenvalue weighted by molar-refractivity contribution is -0.114. The van der Waals surface area contributed by atoms with Crippen LogP contribution in [0, 0.1) is 6.92 Å². The minimum absolute atomic E-state index is 0.0952. The lowest BCUT2D eigenvalue weighted by atomic mass is 10.2. The maximum absolute atomic E-state index is 13.4. The van der Waals surface area contributed by atoms with Crippen molar-refractivity contribution in [1.29, 1.82) is 0 Å². The number of rotatable bonds is 8. The van der Waals surface area contributed by atoms with E-state index in [1.54, 1.807) is 54.6 Å². The normalized spacial score (nSPS) is 11.0. The molecule has 9 heteroatoms. The fourth-order valence-corrected chi connectivity index (χ4v) is 4.68. The third-order valence-corrected chi connectivity index (χ3v) is 7.01. The number of aryl methyl sites for hydroxylation is 1. The molecular formula is C23H23BrN2O5S. The number of anilines is 2. The summed E-state index contributed by atoms with van der Waals surface area (Å²) in [6.45, 7) is 1.44. The molecule has 3 rings (SSSR count). The highest BCUT2D eigenvalue weighted by atomic mass is 79.9. The van der Waals surface area contributed by atoms with Gasteiger partial charge in [0.1, 0.15) is 18.0 Å². The van der Waals surface area contributed by atoms with Crippen molar-refractivity contribution in [2.75, 3.05) is 30.4 Å². The third-order valence-electron chi connectivity index (χ3n) is 4.69. The van der Waals surface area contributed by atoms with E-state index >= 15 is 0 Å². The van der Waals surface area contributed by atoms with Gasteiger partial charge in [0.2, 0.25) is 5.91 Å². The summed E-state index contributed by atoms with van der Waals surface area (Å²) in [5, 5.41) is 2.72. The van der Waals surface area contributed by atoms with Gasteiger partial charge in [-0.25, -0.2) is 8.42 Å².